The molecule has 0 atom stereocenters. The number of nitro benzene ring substituents is 1. The first-order valence-corrected chi connectivity index (χ1v) is 8.43. The molecular weight excluding hydrogens is 358 g/mol. The van der Waals surface area contributed by atoms with Gasteiger partial charge in [0.15, 0.2) is 0 Å². The molecule has 3 rings (SSSR count). The lowest BCUT2D eigenvalue weighted by Gasteiger charge is -2.07. The van der Waals surface area contributed by atoms with Gasteiger partial charge in [-0.3, -0.25) is 19.9 Å². The summed E-state index contributed by atoms with van der Waals surface area (Å²) in [5, 5.41) is 21.7. The van der Waals surface area contributed by atoms with Crippen molar-refractivity contribution in [1.82, 2.24) is 15.2 Å². The van der Waals surface area contributed by atoms with Crippen LogP contribution in [-0.2, 0) is 4.79 Å². The number of rotatable bonds is 6. The van der Waals surface area contributed by atoms with E-state index in [4.69, 9.17) is 4.42 Å². The maximum Gasteiger partial charge on any atom is 0.277 e. The Balaban J connectivity index is 1.61. The summed E-state index contributed by atoms with van der Waals surface area (Å²) in [4.78, 5) is 26.5. The van der Waals surface area contributed by atoms with Gasteiger partial charge in [-0.25, -0.2) is 0 Å². The quantitative estimate of drug-likeness (QED) is 0.398. The molecule has 0 saturated carbocycles. The third kappa shape index (κ3) is 4.03. The summed E-state index contributed by atoms with van der Waals surface area (Å²) in [5.41, 5.74) is 1.48. The maximum absolute atomic E-state index is 12.1. The fourth-order valence-corrected chi connectivity index (χ4v) is 2.71. The highest BCUT2D eigenvalue weighted by Crippen LogP contribution is 2.26. The molecule has 0 radical (unpaired) electrons. The van der Waals surface area contributed by atoms with Crippen LogP contribution in [0.5, 0.6) is 0 Å². The Bertz CT molecular complexity index is 945. The van der Waals surface area contributed by atoms with Gasteiger partial charge in [0.2, 0.25) is 11.8 Å². The summed E-state index contributed by atoms with van der Waals surface area (Å²) in [6.07, 6.45) is 3.22. The number of pyridine rings is 1. The highest BCUT2D eigenvalue weighted by Gasteiger charge is 2.16. The average Bonchev–Trinajstić information content (AvgIpc) is 3.11. The van der Waals surface area contributed by atoms with E-state index >= 15 is 0 Å². The molecule has 10 heteroatoms. The first-order chi connectivity index (χ1) is 12.5. The highest BCUT2D eigenvalue weighted by atomic mass is 32.2. The van der Waals surface area contributed by atoms with Crippen molar-refractivity contribution in [2.45, 2.75) is 12.1 Å². The Hall–Kier alpha value is -3.27. The summed E-state index contributed by atoms with van der Waals surface area (Å²) in [5.74, 6) is 0.0345. The number of carbonyl (C=O) groups excluding carboxylic acids is 1. The van der Waals surface area contributed by atoms with E-state index in [0.717, 1.165) is 17.3 Å². The Morgan fingerprint density at radius 1 is 1.27 bits per heavy atom. The summed E-state index contributed by atoms with van der Waals surface area (Å²) < 4.78 is 5.49. The molecule has 0 fully saturated rings. The number of hydrogen-bond donors (Lipinski definition) is 1. The van der Waals surface area contributed by atoms with Gasteiger partial charge in [0.25, 0.3) is 10.9 Å². The van der Waals surface area contributed by atoms with Crippen LogP contribution < -0.4 is 5.32 Å². The van der Waals surface area contributed by atoms with E-state index in [2.05, 4.69) is 20.5 Å². The number of anilines is 1. The fraction of sp³-hybridized carbons (Fsp3) is 0.125. The molecule has 9 nitrogen and oxygen atoms in total. The number of thioether (sulfide) groups is 1. The molecule has 132 valence electrons. The molecule has 1 N–H and O–H groups in total. The minimum atomic E-state index is -0.487. The second kappa shape index (κ2) is 7.74. The number of aromatic nitrogens is 3. The molecule has 0 spiro atoms. The van der Waals surface area contributed by atoms with Crippen molar-refractivity contribution < 1.29 is 14.1 Å². The van der Waals surface area contributed by atoms with Crippen LogP contribution in [0.15, 0.2) is 52.4 Å². The minimum absolute atomic E-state index is 0.0279. The normalized spacial score (nSPS) is 10.5. The maximum atomic E-state index is 12.1. The van der Waals surface area contributed by atoms with Gasteiger partial charge < -0.3 is 9.73 Å². The molecule has 0 saturated heterocycles. The largest absolute Gasteiger partial charge is 0.411 e. The lowest BCUT2D eigenvalue weighted by atomic mass is 10.1. The molecular formula is C16H13N5O4S. The molecule has 1 amide bonds. The number of nitro groups is 1. The Morgan fingerprint density at radius 2 is 2.04 bits per heavy atom. The molecule has 2 heterocycles. The third-order valence-electron chi connectivity index (χ3n) is 3.44. The first-order valence-electron chi connectivity index (χ1n) is 7.45. The van der Waals surface area contributed by atoms with Crippen molar-refractivity contribution >= 4 is 29.0 Å². The number of carbonyl (C=O) groups is 1. The van der Waals surface area contributed by atoms with E-state index in [1.165, 1.54) is 12.1 Å². The van der Waals surface area contributed by atoms with E-state index in [0.29, 0.717) is 17.1 Å². The van der Waals surface area contributed by atoms with E-state index in [9.17, 15) is 14.9 Å². The zero-order valence-electron chi connectivity index (χ0n) is 13.6. The fourth-order valence-electron chi connectivity index (χ4n) is 2.15. The molecule has 2 aromatic heterocycles. The SMILES string of the molecule is Cc1c(NC(=O)CSc2nnc(-c3ccncc3)o2)cccc1[N+](=O)[O-]. The van der Waals surface area contributed by atoms with Crippen LogP contribution in [0, 0.1) is 17.0 Å². The predicted octanol–water partition coefficient (Wildman–Crippen LogP) is 3.08. The number of nitrogens with one attached hydrogen (secondary N) is 1. The summed E-state index contributed by atoms with van der Waals surface area (Å²) in [6, 6.07) is 7.99. The van der Waals surface area contributed by atoms with Gasteiger partial charge in [0.05, 0.1) is 21.9 Å². The number of amides is 1. The average molecular weight is 371 g/mol. The Morgan fingerprint density at radius 3 is 2.77 bits per heavy atom. The van der Waals surface area contributed by atoms with E-state index in [1.54, 1.807) is 37.5 Å². The van der Waals surface area contributed by atoms with Gasteiger partial charge in [0, 0.05) is 24.0 Å². The smallest absolute Gasteiger partial charge is 0.277 e. The Kier molecular flexibility index (Phi) is 5.23. The Labute approximate surface area is 152 Å². The summed E-state index contributed by atoms with van der Waals surface area (Å²) in [7, 11) is 0. The molecule has 0 aliphatic heterocycles. The van der Waals surface area contributed by atoms with E-state index < -0.39 is 4.92 Å². The van der Waals surface area contributed by atoms with Crippen LogP contribution in [0.4, 0.5) is 11.4 Å². The van der Waals surface area contributed by atoms with Crippen molar-refractivity contribution in [2.75, 3.05) is 11.1 Å². The van der Waals surface area contributed by atoms with E-state index in [-0.39, 0.29) is 22.6 Å². The molecule has 0 aliphatic rings. The van der Waals surface area contributed by atoms with Gasteiger partial charge in [0.1, 0.15) is 0 Å². The van der Waals surface area contributed by atoms with Crippen LogP contribution in [-0.4, -0.2) is 31.8 Å². The number of hydrogen-bond acceptors (Lipinski definition) is 8. The lowest BCUT2D eigenvalue weighted by molar-refractivity contribution is -0.385. The van der Waals surface area contributed by atoms with Gasteiger partial charge in [-0.05, 0) is 25.1 Å². The van der Waals surface area contributed by atoms with Crippen LogP contribution in [0.2, 0.25) is 0 Å². The van der Waals surface area contributed by atoms with Gasteiger partial charge >= 0.3 is 0 Å². The second-order valence-corrected chi connectivity index (χ2v) is 6.08. The van der Waals surface area contributed by atoms with Crippen molar-refractivity contribution in [3.63, 3.8) is 0 Å². The molecule has 0 bridgehead atoms. The monoisotopic (exact) mass is 371 g/mol. The molecule has 1 aromatic carbocycles. The first kappa shape index (κ1) is 17.5. The number of nitrogens with zero attached hydrogens (tertiary/aromatic N) is 4. The standard InChI is InChI=1S/C16H13N5O4S/c1-10-12(3-2-4-13(10)21(23)24)18-14(22)9-26-16-20-19-15(25-16)11-5-7-17-8-6-11/h2-8H,9H2,1H3,(H,18,22). The number of benzene rings is 1. The predicted molar refractivity (Wildman–Crippen MR) is 94.7 cm³/mol. The summed E-state index contributed by atoms with van der Waals surface area (Å²) >= 11 is 1.08. The van der Waals surface area contributed by atoms with Gasteiger partial charge in [-0.1, -0.05) is 17.8 Å². The van der Waals surface area contributed by atoms with Crippen molar-refractivity contribution in [3.8, 4) is 11.5 Å². The van der Waals surface area contributed by atoms with E-state index in [1.807, 2.05) is 0 Å². The van der Waals surface area contributed by atoms with Crippen molar-refractivity contribution in [2.24, 2.45) is 0 Å². The summed E-state index contributed by atoms with van der Waals surface area (Å²) in [6.45, 7) is 1.58. The van der Waals surface area contributed by atoms with Crippen molar-refractivity contribution in [1.29, 1.82) is 0 Å². The molecule has 26 heavy (non-hydrogen) atoms. The minimum Gasteiger partial charge on any atom is -0.411 e. The third-order valence-corrected chi connectivity index (χ3v) is 4.25. The van der Waals surface area contributed by atoms with Crippen LogP contribution in [0.3, 0.4) is 0 Å². The molecule has 3 aromatic rings. The van der Waals surface area contributed by atoms with Crippen LogP contribution in [0.25, 0.3) is 11.5 Å². The molecule has 0 unspecified atom stereocenters. The van der Waals surface area contributed by atoms with Crippen LogP contribution >= 0.6 is 11.8 Å². The topological polar surface area (TPSA) is 124 Å². The zero-order chi connectivity index (χ0) is 18.5. The lowest BCUT2D eigenvalue weighted by Crippen LogP contribution is -2.15. The van der Waals surface area contributed by atoms with Gasteiger partial charge in [-0.2, -0.15) is 0 Å². The second-order valence-electron chi connectivity index (χ2n) is 5.15. The van der Waals surface area contributed by atoms with Crippen LogP contribution in [0.1, 0.15) is 5.56 Å². The highest BCUT2D eigenvalue weighted by molar-refractivity contribution is 7.99. The van der Waals surface area contributed by atoms with Gasteiger partial charge in [-0.15, -0.1) is 10.2 Å². The molecule has 0 aliphatic carbocycles. The van der Waals surface area contributed by atoms with Crippen molar-refractivity contribution in [3.05, 3.63) is 58.4 Å². The zero-order valence-corrected chi connectivity index (χ0v) is 14.4.